The van der Waals surface area contributed by atoms with Gasteiger partial charge in [-0.05, 0) is 67.1 Å². The van der Waals surface area contributed by atoms with Crippen LogP contribution in [0.4, 0.5) is 22.7 Å². The standard InChI is InChI=1S/C27H26N2O3S/c1-21-10-7-8-15-27(21)33(30,31)32-26-14-9-13-25(20-26)29(3)24-18-16-23(17-19-24)28(2)22-11-5-4-6-12-22/h4-20H,1-3H3. The van der Waals surface area contributed by atoms with Gasteiger partial charge in [-0.3, -0.25) is 0 Å². The van der Waals surface area contributed by atoms with E-state index in [2.05, 4.69) is 29.2 Å². The minimum absolute atomic E-state index is 0.168. The van der Waals surface area contributed by atoms with Gasteiger partial charge in [-0.2, -0.15) is 8.42 Å². The van der Waals surface area contributed by atoms with Crippen molar-refractivity contribution in [1.29, 1.82) is 0 Å². The van der Waals surface area contributed by atoms with Gasteiger partial charge < -0.3 is 14.0 Å². The van der Waals surface area contributed by atoms with E-state index >= 15 is 0 Å². The third kappa shape index (κ3) is 5.02. The zero-order valence-corrected chi connectivity index (χ0v) is 19.7. The molecule has 0 amide bonds. The maximum Gasteiger partial charge on any atom is 0.339 e. The molecule has 33 heavy (non-hydrogen) atoms. The molecule has 0 radical (unpaired) electrons. The maximum absolute atomic E-state index is 12.8. The fraction of sp³-hybridized carbons (Fsp3) is 0.111. The average molecular weight is 459 g/mol. The Hall–Kier alpha value is -3.77. The van der Waals surface area contributed by atoms with Crippen LogP contribution in [0.3, 0.4) is 0 Å². The summed E-state index contributed by atoms with van der Waals surface area (Å²) in [5, 5.41) is 0. The maximum atomic E-state index is 12.8. The van der Waals surface area contributed by atoms with Crippen LogP contribution in [0.15, 0.2) is 108 Å². The molecule has 0 saturated heterocycles. The third-order valence-electron chi connectivity index (χ3n) is 5.54. The summed E-state index contributed by atoms with van der Waals surface area (Å²) >= 11 is 0. The van der Waals surface area contributed by atoms with Gasteiger partial charge in [0.1, 0.15) is 10.6 Å². The van der Waals surface area contributed by atoms with E-state index in [1.165, 1.54) is 0 Å². The first kappa shape index (κ1) is 22.4. The van der Waals surface area contributed by atoms with E-state index in [4.69, 9.17) is 4.18 Å². The lowest BCUT2D eigenvalue weighted by atomic mass is 10.2. The van der Waals surface area contributed by atoms with Gasteiger partial charge in [0.2, 0.25) is 0 Å². The second-order valence-corrected chi connectivity index (χ2v) is 9.29. The molecular formula is C27H26N2O3S. The second-order valence-electron chi connectivity index (χ2n) is 7.77. The van der Waals surface area contributed by atoms with Crippen molar-refractivity contribution in [3.8, 4) is 5.75 Å². The molecule has 0 fully saturated rings. The normalized spacial score (nSPS) is 11.1. The molecule has 0 unspecified atom stereocenters. The highest BCUT2D eigenvalue weighted by molar-refractivity contribution is 7.87. The van der Waals surface area contributed by atoms with Crippen molar-refractivity contribution in [3.05, 3.63) is 109 Å². The fourth-order valence-electron chi connectivity index (χ4n) is 3.60. The number of para-hydroxylation sites is 1. The molecule has 0 heterocycles. The average Bonchev–Trinajstić information content (AvgIpc) is 2.84. The first-order valence-corrected chi connectivity index (χ1v) is 12.0. The van der Waals surface area contributed by atoms with Crippen LogP contribution in [0.2, 0.25) is 0 Å². The smallest absolute Gasteiger partial charge is 0.339 e. The van der Waals surface area contributed by atoms with Crippen molar-refractivity contribution in [2.75, 3.05) is 23.9 Å². The number of nitrogens with zero attached hydrogens (tertiary/aromatic N) is 2. The van der Waals surface area contributed by atoms with Gasteiger partial charge in [-0.25, -0.2) is 0 Å². The summed E-state index contributed by atoms with van der Waals surface area (Å²) in [4.78, 5) is 4.27. The van der Waals surface area contributed by atoms with E-state index in [0.717, 1.165) is 22.7 Å². The molecule has 0 atom stereocenters. The molecule has 0 aliphatic carbocycles. The molecule has 4 rings (SSSR count). The van der Waals surface area contributed by atoms with Crippen molar-refractivity contribution in [2.45, 2.75) is 11.8 Å². The molecule has 5 nitrogen and oxygen atoms in total. The number of hydrogen-bond donors (Lipinski definition) is 0. The van der Waals surface area contributed by atoms with Crippen LogP contribution in [-0.2, 0) is 10.1 Å². The van der Waals surface area contributed by atoms with E-state index in [1.807, 2.05) is 55.4 Å². The van der Waals surface area contributed by atoms with Crippen LogP contribution in [0.5, 0.6) is 5.75 Å². The largest absolute Gasteiger partial charge is 0.379 e. The zero-order valence-electron chi connectivity index (χ0n) is 18.8. The molecule has 4 aromatic carbocycles. The first-order valence-electron chi connectivity index (χ1n) is 10.6. The predicted octanol–water partition coefficient (Wildman–Crippen LogP) is 6.30. The summed E-state index contributed by atoms with van der Waals surface area (Å²) in [6.45, 7) is 1.75. The van der Waals surface area contributed by atoms with Crippen molar-refractivity contribution in [1.82, 2.24) is 0 Å². The lowest BCUT2D eigenvalue weighted by molar-refractivity contribution is 0.485. The monoisotopic (exact) mass is 458 g/mol. The Kier molecular flexibility index (Phi) is 6.38. The molecule has 0 aliphatic heterocycles. The molecule has 168 valence electrons. The highest BCUT2D eigenvalue weighted by Crippen LogP contribution is 2.31. The summed E-state index contributed by atoms with van der Waals surface area (Å²) in [5.41, 5.74) is 4.61. The predicted molar refractivity (Wildman–Crippen MR) is 134 cm³/mol. The number of rotatable bonds is 7. The van der Waals surface area contributed by atoms with E-state index in [0.29, 0.717) is 5.56 Å². The Balaban J connectivity index is 1.53. The third-order valence-corrected chi connectivity index (χ3v) is 6.95. The lowest BCUT2D eigenvalue weighted by Gasteiger charge is -2.23. The number of aryl methyl sites for hydroxylation is 1. The van der Waals surface area contributed by atoms with Crippen molar-refractivity contribution >= 4 is 32.9 Å². The van der Waals surface area contributed by atoms with Crippen LogP contribution in [0.1, 0.15) is 5.56 Å². The van der Waals surface area contributed by atoms with Crippen LogP contribution in [-0.4, -0.2) is 22.5 Å². The number of benzene rings is 4. The Morgan fingerprint density at radius 2 is 1.12 bits per heavy atom. The Labute approximate surface area is 195 Å². The second kappa shape index (κ2) is 9.38. The molecule has 0 N–H and O–H groups in total. The van der Waals surface area contributed by atoms with E-state index < -0.39 is 10.1 Å². The molecule has 0 bridgehead atoms. The Bertz CT molecular complexity index is 1340. The van der Waals surface area contributed by atoms with Gasteiger partial charge in [0.05, 0.1) is 0 Å². The van der Waals surface area contributed by atoms with E-state index in [1.54, 1.807) is 49.4 Å². The fourth-order valence-corrected chi connectivity index (χ4v) is 4.76. The van der Waals surface area contributed by atoms with Crippen LogP contribution >= 0.6 is 0 Å². The SMILES string of the molecule is Cc1ccccc1S(=O)(=O)Oc1cccc(N(C)c2ccc(N(C)c3ccccc3)cc2)c1. The topological polar surface area (TPSA) is 49.9 Å². The summed E-state index contributed by atoms with van der Waals surface area (Å²) in [5.74, 6) is 0.267. The molecule has 0 spiro atoms. The summed E-state index contributed by atoms with van der Waals surface area (Å²) < 4.78 is 30.9. The van der Waals surface area contributed by atoms with Crippen molar-refractivity contribution in [2.24, 2.45) is 0 Å². The molecule has 0 saturated carbocycles. The summed E-state index contributed by atoms with van der Waals surface area (Å²) in [7, 11) is 0.0502. The van der Waals surface area contributed by atoms with Gasteiger partial charge >= 0.3 is 10.1 Å². The molecule has 6 heteroatoms. The molecule has 4 aromatic rings. The van der Waals surface area contributed by atoms with Crippen LogP contribution < -0.4 is 14.0 Å². The molecular weight excluding hydrogens is 432 g/mol. The number of hydrogen-bond acceptors (Lipinski definition) is 5. The van der Waals surface area contributed by atoms with Gasteiger partial charge in [0, 0.05) is 42.9 Å². The zero-order chi connectivity index (χ0) is 23.4. The highest BCUT2D eigenvalue weighted by atomic mass is 32.2. The van der Waals surface area contributed by atoms with E-state index in [9.17, 15) is 8.42 Å². The van der Waals surface area contributed by atoms with Crippen molar-refractivity contribution in [3.63, 3.8) is 0 Å². The van der Waals surface area contributed by atoms with Gasteiger partial charge in [0.25, 0.3) is 0 Å². The van der Waals surface area contributed by atoms with Crippen molar-refractivity contribution < 1.29 is 12.6 Å². The van der Waals surface area contributed by atoms with E-state index in [-0.39, 0.29) is 10.6 Å². The highest BCUT2D eigenvalue weighted by Gasteiger charge is 2.19. The minimum Gasteiger partial charge on any atom is -0.379 e. The Morgan fingerprint density at radius 3 is 1.76 bits per heavy atom. The summed E-state index contributed by atoms with van der Waals surface area (Å²) in [6, 6.07) is 32.2. The molecule has 0 aromatic heterocycles. The quantitative estimate of drug-likeness (QED) is 0.304. The van der Waals surface area contributed by atoms with Gasteiger partial charge in [-0.15, -0.1) is 0 Å². The van der Waals surface area contributed by atoms with Crippen LogP contribution in [0.25, 0.3) is 0 Å². The minimum atomic E-state index is -3.92. The van der Waals surface area contributed by atoms with Crippen LogP contribution in [0, 0.1) is 6.92 Å². The number of anilines is 4. The Morgan fingerprint density at radius 1 is 0.606 bits per heavy atom. The van der Waals surface area contributed by atoms with Gasteiger partial charge in [-0.1, -0.05) is 42.5 Å². The summed E-state index contributed by atoms with van der Waals surface area (Å²) in [6.07, 6.45) is 0. The lowest BCUT2D eigenvalue weighted by Crippen LogP contribution is -2.13. The van der Waals surface area contributed by atoms with Gasteiger partial charge in [0.15, 0.2) is 0 Å². The molecule has 0 aliphatic rings. The first-order chi connectivity index (χ1) is 15.8.